The van der Waals surface area contributed by atoms with Gasteiger partial charge in [-0.15, -0.1) is 23.1 Å². The summed E-state index contributed by atoms with van der Waals surface area (Å²) in [7, 11) is 1.66. The predicted molar refractivity (Wildman–Crippen MR) is 112 cm³/mol. The van der Waals surface area contributed by atoms with E-state index in [4.69, 9.17) is 9.72 Å². The van der Waals surface area contributed by atoms with Gasteiger partial charge in [-0.05, 0) is 56.2 Å². The third kappa shape index (κ3) is 3.82. The molecule has 6 heteroatoms. The number of amides is 1. The van der Waals surface area contributed by atoms with Gasteiger partial charge in [-0.2, -0.15) is 0 Å². The third-order valence-corrected chi connectivity index (χ3v) is 7.09. The van der Waals surface area contributed by atoms with Crippen molar-refractivity contribution in [3.63, 3.8) is 0 Å². The summed E-state index contributed by atoms with van der Waals surface area (Å²) in [5.74, 6) is 1.02. The number of carbonyl (C=O) groups excluding carboxylic acids is 1. The lowest BCUT2D eigenvalue weighted by molar-refractivity contribution is -0.131. The second-order valence-corrected chi connectivity index (χ2v) is 9.12. The van der Waals surface area contributed by atoms with Crippen molar-refractivity contribution in [2.75, 3.05) is 13.7 Å². The van der Waals surface area contributed by atoms with E-state index in [0.717, 1.165) is 40.6 Å². The Kier molecular flexibility index (Phi) is 5.36. The largest absolute Gasteiger partial charge is 0.497 e. The molecule has 0 bridgehead atoms. The fourth-order valence-electron chi connectivity index (χ4n) is 3.46. The van der Waals surface area contributed by atoms with Crippen molar-refractivity contribution < 1.29 is 9.53 Å². The van der Waals surface area contributed by atoms with Crippen LogP contribution in [0.25, 0.3) is 10.2 Å². The summed E-state index contributed by atoms with van der Waals surface area (Å²) in [6, 6.07) is 16.2. The number of benzene rings is 2. The molecular formula is C21H22N2O2S2. The lowest BCUT2D eigenvalue weighted by Crippen LogP contribution is -2.36. The van der Waals surface area contributed by atoms with Crippen LogP contribution in [0.5, 0.6) is 5.75 Å². The smallest absolute Gasteiger partial charge is 0.236 e. The molecule has 2 aromatic carbocycles. The minimum absolute atomic E-state index is 0.105. The first kappa shape index (κ1) is 18.3. The van der Waals surface area contributed by atoms with Crippen LogP contribution in [0.15, 0.2) is 53.4 Å². The van der Waals surface area contributed by atoms with Gasteiger partial charge in [0.25, 0.3) is 0 Å². The SMILES string of the molecule is COc1ccc(SC(C)C(=O)N2CCCC2c2nc3ccccc3s2)cc1. The topological polar surface area (TPSA) is 42.4 Å². The van der Waals surface area contributed by atoms with Crippen molar-refractivity contribution in [2.45, 2.75) is 36.0 Å². The highest BCUT2D eigenvalue weighted by Gasteiger charge is 2.34. The Morgan fingerprint density at radius 2 is 2.04 bits per heavy atom. The molecule has 140 valence electrons. The molecule has 2 heterocycles. The summed E-state index contributed by atoms with van der Waals surface area (Å²) in [5, 5.41) is 0.928. The van der Waals surface area contributed by atoms with Gasteiger partial charge < -0.3 is 9.64 Å². The zero-order valence-corrected chi connectivity index (χ0v) is 17.1. The molecule has 0 spiro atoms. The monoisotopic (exact) mass is 398 g/mol. The van der Waals surface area contributed by atoms with Gasteiger partial charge in [0.2, 0.25) is 5.91 Å². The summed E-state index contributed by atoms with van der Waals surface area (Å²) in [6.07, 6.45) is 2.03. The second kappa shape index (κ2) is 7.90. The van der Waals surface area contributed by atoms with Crippen LogP contribution in [0.1, 0.15) is 30.8 Å². The predicted octanol–water partition coefficient (Wildman–Crippen LogP) is 5.15. The van der Waals surface area contributed by atoms with Gasteiger partial charge >= 0.3 is 0 Å². The van der Waals surface area contributed by atoms with Gasteiger partial charge in [-0.1, -0.05) is 12.1 Å². The minimum Gasteiger partial charge on any atom is -0.497 e. The van der Waals surface area contributed by atoms with E-state index < -0.39 is 0 Å². The third-order valence-electron chi connectivity index (χ3n) is 4.85. The van der Waals surface area contributed by atoms with Crippen LogP contribution in [0, 0.1) is 0 Å². The van der Waals surface area contributed by atoms with Crippen molar-refractivity contribution in [3.8, 4) is 5.75 Å². The molecule has 27 heavy (non-hydrogen) atoms. The number of carbonyl (C=O) groups is 1. The Hall–Kier alpha value is -2.05. The second-order valence-electron chi connectivity index (χ2n) is 6.65. The highest BCUT2D eigenvalue weighted by molar-refractivity contribution is 8.00. The van der Waals surface area contributed by atoms with Crippen LogP contribution in [-0.4, -0.2) is 34.7 Å². The van der Waals surface area contributed by atoms with E-state index >= 15 is 0 Å². The Labute approximate surface area is 167 Å². The molecule has 1 aliphatic rings. The molecule has 0 radical (unpaired) electrons. The normalized spacial score (nSPS) is 18.0. The quantitative estimate of drug-likeness (QED) is 0.558. The number of hydrogen-bond donors (Lipinski definition) is 0. The van der Waals surface area contributed by atoms with Crippen LogP contribution in [-0.2, 0) is 4.79 Å². The zero-order valence-electron chi connectivity index (χ0n) is 15.4. The van der Waals surface area contributed by atoms with Crippen LogP contribution in [0.3, 0.4) is 0 Å². The fraction of sp³-hybridized carbons (Fsp3) is 0.333. The van der Waals surface area contributed by atoms with Crippen molar-refractivity contribution in [1.82, 2.24) is 9.88 Å². The standard InChI is InChI=1S/C21H22N2O2S2/c1-14(26-16-11-9-15(25-2)10-12-16)21(24)23-13-5-7-18(23)20-22-17-6-3-4-8-19(17)27-20/h3-4,6,8-12,14,18H,5,7,13H2,1-2H3. The van der Waals surface area contributed by atoms with Gasteiger partial charge in [-0.3, -0.25) is 4.79 Å². The number of nitrogens with zero attached hydrogens (tertiary/aromatic N) is 2. The Balaban J connectivity index is 1.49. The highest BCUT2D eigenvalue weighted by atomic mass is 32.2. The number of methoxy groups -OCH3 is 1. The van der Waals surface area contributed by atoms with E-state index in [1.54, 1.807) is 30.2 Å². The molecule has 4 rings (SSSR count). The molecule has 1 saturated heterocycles. The molecule has 2 unspecified atom stereocenters. The number of thioether (sulfide) groups is 1. The fourth-order valence-corrected chi connectivity index (χ4v) is 5.52. The maximum Gasteiger partial charge on any atom is 0.236 e. The maximum atomic E-state index is 13.1. The number of para-hydroxylation sites is 1. The molecule has 1 aliphatic heterocycles. The van der Waals surface area contributed by atoms with Crippen LogP contribution >= 0.6 is 23.1 Å². The van der Waals surface area contributed by atoms with E-state index in [-0.39, 0.29) is 17.2 Å². The Morgan fingerprint density at radius 1 is 1.26 bits per heavy atom. The molecule has 4 nitrogen and oxygen atoms in total. The molecule has 1 fully saturated rings. The van der Waals surface area contributed by atoms with Crippen molar-refractivity contribution >= 4 is 39.2 Å². The highest BCUT2D eigenvalue weighted by Crippen LogP contribution is 2.38. The van der Waals surface area contributed by atoms with Crippen molar-refractivity contribution in [2.24, 2.45) is 0 Å². The summed E-state index contributed by atoms with van der Waals surface area (Å²) in [5.41, 5.74) is 1.03. The lowest BCUT2D eigenvalue weighted by atomic mass is 10.2. The summed E-state index contributed by atoms with van der Waals surface area (Å²) in [6.45, 7) is 2.80. The molecule has 1 amide bonds. The van der Waals surface area contributed by atoms with E-state index in [0.29, 0.717) is 0 Å². The number of ether oxygens (including phenoxy) is 1. The summed E-state index contributed by atoms with van der Waals surface area (Å²) < 4.78 is 6.39. The first-order valence-corrected chi connectivity index (χ1v) is 10.8. The number of thiazole rings is 1. The molecule has 3 aromatic rings. The Morgan fingerprint density at radius 3 is 2.78 bits per heavy atom. The van der Waals surface area contributed by atoms with Gasteiger partial charge in [-0.25, -0.2) is 4.98 Å². The average molecular weight is 399 g/mol. The van der Waals surface area contributed by atoms with Gasteiger partial charge in [0, 0.05) is 11.4 Å². The molecule has 2 atom stereocenters. The van der Waals surface area contributed by atoms with Crippen LogP contribution in [0.4, 0.5) is 0 Å². The van der Waals surface area contributed by atoms with Crippen LogP contribution < -0.4 is 4.74 Å². The number of aromatic nitrogens is 1. The molecule has 0 aliphatic carbocycles. The van der Waals surface area contributed by atoms with E-state index in [1.165, 1.54) is 4.70 Å². The van der Waals surface area contributed by atoms with Gasteiger partial charge in [0.15, 0.2) is 0 Å². The number of hydrogen-bond acceptors (Lipinski definition) is 5. The van der Waals surface area contributed by atoms with Crippen LogP contribution in [0.2, 0.25) is 0 Å². The summed E-state index contributed by atoms with van der Waals surface area (Å²) >= 11 is 3.31. The molecule has 0 saturated carbocycles. The zero-order chi connectivity index (χ0) is 18.8. The first-order valence-electron chi connectivity index (χ1n) is 9.12. The summed E-state index contributed by atoms with van der Waals surface area (Å²) in [4.78, 5) is 21.0. The molecular weight excluding hydrogens is 376 g/mol. The molecule has 0 N–H and O–H groups in total. The lowest BCUT2D eigenvalue weighted by Gasteiger charge is -2.26. The number of likely N-dealkylation sites (tertiary alicyclic amines) is 1. The number of fused-ring (bicyclic) bond motifs is 1. The van der Waals surface area contributed by atoms with Gasteiger partial charge in [0.05, 0.1) is 28.6 Å². The van der Waals surface area contributed by atoms with E-state index in [2.05, 4.69) is 6.07 Å². The minimum atomic E-state index is -0.131. The van der Waals surface area contributed by atoms with Gasteiger partial charge in [0.1, 0.15) is 10.8 Å². The average Bonchev–Trinajstić information content (AvgIpc) is 3.34. The maximum absolute atomic E-state index is 13.1. The van der Waals surface area contributed by atoms with Crippen molar-refractivity contribution in [3.05, 3.63) is 53.5 Å². The van der Waals surface area contributed by atoms with Crippen molar-refractivity contribution in [1.29, 1.82) is 0 Å². The van der Waals surface area contributed by atoms with E-state index in [1.807, 2.05) is 54.3 Å². The first-order chi connectivity index (χ1) is 13.2. The number of rotatable bonds is 5. The van der Waals surface area contributed by atoms with E-state index in [9.17, 15) is 4.79 Å². The molecule has 1 aromatic heterocycles. The Bertz CT molecular complexity index is 906.